The van der Waals surface area contributed by atoms with Gasteiger partial charge in [0.2, 0.25) is 0 Å². The standard InChI is InChI=1S/C10H17BrN2O/c1-4-5-13-9(8(11)6-12-13)10(14)7(2)3/h6-7,10,14H,4-5H2,1-3H3. The minimum absolute atomic E-state index is 0.207. The zero-order valence-electron chi connectivity index (χ0n) is 8.87. The Balaban J connectivity index is 2.97. The third-order valence-electron chi connectivity index (χ3n) is 2.18. The molecule has 1 atom stereocenters. The second-order valence-corrected chi connectivity index (χ2v) is 4.64. The van der Waals surface area contributed by atoms with Gasteiger partial charge in [-0.1, -0.05) is 20.8 Å². The minimum Gasteiger partial charge on any atom is -0.387 e. The summed E-state index contributed by atoms with van der Waals surface area (Å²) >= 11 is 3.41. The zero-order valence-corrected chi connectivity index (χ0v) is 10.5. The minimum atomic E-state index is -0.446. The van der Waals surface area contributed by atoms with Gasteiger partial charge in [0.15, 0.2) is 0 Å². The largest absolute Gasteiger partial charge is 0.387 e. The van der Waals surface area contributed by atoms with E-state index in [9.17, 15) is 5.11 Å². The smallest absolute Gasteiger partial charge is 0.0990 e. The van der Waals surface area contributed by atoms with Crippen molar-refractivity contribution in [1.29, 1.82) is 0 Å². The number of aromatic nitrogens is 2. The monoisotopic (exact) mass is 260 g/mol. The second-order valence-electron chi connectivity index (χ2n) is 3.79. The maximum absolute atomic E-state index is 9.98. The molecule has 4 heteroatoms. The van der Waals surface area contributed by atoms with Crippen LogP contribution in [-0.4, -0.2) is 14.9 Å². The molecule has 3 nitrogen and oxygen atoms in total. The van der Waals surface area contributed by atoms with Crippen LogP contribution in [0.3, 0.4) is 0 Å². The summed E-state index contributed by atoms with van der Waals surface area (Å²) in [5.41, 5.74) is 0.891. The van der Waals surface area contributed by atoms with E-state index in [4.69, 9.17) is 0 Å². The van der Waals surface area contributed by atoms with Gasteiger partial charge in [-0.05, 0) is 28.3 Å². The van der Waals surface area contributed by atoms with E-state index in [2.05, 4.69) is 28.0 Å². The van der Waals surface area contributed by atoms with Gasteiger partial charge in [0.25, 0.3) is 0 Å². The van der Waals surface area contributed by atoms with E-state index < -0.39 is 6.10 Å². The van der Waals surface area contributed by atoms with E-state index >= 15 is 0 Å². The van der Waals surface area contributed by atoms with Crippen molar-refractivity contribution in [3.63, 3.8) is 0 Å². The van der Waals surface area contributed by atoms with Crippen LogP contribution in [-0.2, 0) is 6.54 Å². The van der Waals surface area contributed by atoms with Crippen LogP contribution in [0.5, 0.6) is 0 Å². The maximum atomic E-state index is 9.98. The van der Waals surface area contributed by atoms with Crippen LogP contribution >= 0.6 is 15.9 Å². The van der Waals surface area contributed by atoms with Gasteiger partial charge in [-0.2, -0.15) is 5.10 Å². The van der Waals surface area contributed by atoms with Crippen molar-refractivity contribution in [2.24, 2.45) is 5.92 Å². The average molecular weight is 261 g/mol. The molecule has 0 aliphatic carbocycles. The summed E-state index contributed by atoms with van der Waals surface area (Å²) < 4.78 is 2.77. The number of hydrogen-bond acceptors (Lipinski definition) is 2. The predicted octanol–water partition coefficient (Wildman–Crippen LogP) is 2.75. The van der Waals surface area contributed by atoms with E-state index in [0.29, 0.717) is 0 Å². The summed E-state index contributed by atoms with van der Waals surface area (Å²) in [5.74, 6) is 0.207. The summed E-state index contributed by atoms with van der Waals surface area (Å²) in [7, 11) is 0. The molecular formula is C10H17BrN2O. The number of nitrogens with zero attached hydrogens (tertiary/aromatic N) is 2. The first-order valence-corrected chi connectivity index (χ1v) is 5.76. The molecule has 0 spiro atoms. The fourth-order valence-corrected chi connectivity index (χ4v) is 1.90. The summed E-state index contributed by atoms with van der Waals surface area (Å²) in [4.78, 5) is 0. The molecule has 1 rings (SSSR count). The topological polar surface area (TPSA) is 38.0 Å². The zero-order chi connectivity index (χ0) is 10.7. The number of hydrogen-bond donors (Lipinski definition) is 1. The van der Waals surface area contributed by atoms with Gasteiger partial charge in [0, 0.05) is 6.54 Å². The molecule has 14 heavy (non-hydrogen) atoms. The molecule has 0 radical (unpaired) electrons. The van der Waals surface area contributed by atoms with Gasteiger partial charge >= 0.3 is 0 Å². The van der Waals surface area contributed by atoms with Crippen molar-refractivity contribution < 1.29 is 5.11 Å². The van der Waals surface area contributed by atoms with Crippen LogP contribution < -0.4 is 0 Å². The Bertz CT molecular complexity index is 296. The Kier molecular flexibility index (Phi) is 4.13. The molecular weight excluding hydrogens is 244 g/mol. The van der Waals surface area contributed by atoms with E-state index in [-0.39, 0.29) is 5.92 Å². The summed E-state index contributed by atoms with van der Waals surface area (Å²) in [6.45, 7) is 6.95. The molecule has 1 heterocycles. The van der Waals surface area contributed by atoms with Crippen molar-refractivity contribution in [3.05, 3.63) is 16.4 Å². The Labute approximate surface area is 93.3 Å². The molecule has 1 N–H and O–H groups in total. The number of aliphatic hydroxyl groups excluding tert-OH is 1. The van der Waals surface area contributed by atoms with Crippen molar-refractivity contribution in [3.8, 4) is 0 Å². The lowest BCUT2D eigenvalue weighted by Crippen LogP contribution is -2.13. The maximum Gasteiger partial charge on any atom is 0.0990 e. The molecule has 1 unspecified atom stereocenters. The lowest BCUT2D eigenvalue weighted by Gasteiger charge is -2.16. The van der Waals surface area contributed by atoms with Crippen LogP contribution in [0.25, 0.3) is 0 Å². The Morgan fingerprint density at radius 1 is 1.57 bits per heavy atom. The van der Waals surface area contributed by atoms with Crippen molar-refractivity contribution in [2.45, 2.75) is 39.8 Å². The number of halogens is 1. The first-order chi connectivity index (χ1) is 6.57. The molecule has 1 aromatic rings. The highest BCUT2D eigenvalue weighted by Crippen LogP contribution is 2.28. The molecule has 0 aromatic carbocycles. The highest BCUT2D eigenvalue weighted by Gasteiger charge is 2.20. The van der Waals surface area contributed by atoms with Crippen molar-refractivity contribution >= 4 is 15.9 Å². The third-order valence-corrected chi connectivity index (χ3v) is 2.79. The lowest BCUT2D eigenvalue weighted by molar-refractivity contribution is 0.116. The van der Waals surface area contributed by atoms with E-state index in [1.165, 1.54) is 0 Å². The molecule has 0 amide bonds. The Hall–Kier alpha value is -0.350. The summed E-state index contributed by atoms with van der Waals surface area (Å²) in [6, 6.07) is 0. The average Bonchev–Trinajstić information content (AvgIpc) is 2.47. The summed E-state index contributed by atoms with van der Waals surface area (Å²) in [5, 5.41) is 14.2. The van der Waals surface area contributed by atoms with E-state index in [1.807, 2.05) is 18.5 Å². The molecule has 0 fully saturated rings. The molecule has 1 aromatic heterocycles. The highest BCUT2D eigenvalue weighted by molar-refractivity contribution is 9.10. The van der Waals surface area contributed by atoms with Crippen molar-refractivity contribution in [1.82, 2.24) is 9.78 Å². The molecule has 0 bridgehead atoms. The van der Waals surface area contributed by atoms with Crippen LogP contribution in [0.1, 0.15) is 39.0 Å². The number of rotatable bonds is 4. The summed E-state index contributed by atoms with van der Waals surface area (Å²) in [6.07, 6.45) is 2.32. The molecule has 0 saturated heterocycles. The number of aliphatic hydroxyl groups is 1. The third kappa shape index (κ3) is 2.36. The second kappa shape index (κ2) is 4.94. The van der Waals surface area contributed by atoms with Crippen LogP contribution in [0.15, 0.2) is 10.7 Å². The SMILES string of the molecule is CCCn1ncc(Br)c1C(O)C(C)C. The fourth-order valence-electron chi connectivity index (χ4n) is 1.37. The number of aryl methyl sites for hydroxylation is 1. The van der Waals surface area contributed by atoms with Crippen LogP contribution in [0.2, 0.25) is 0 Å². The molecule has 80 valence electrons. The predicted molar refractivity (Wildman–Crippen MR) is 60.0 cm³/mol. The Morgan fingerprint density at radius 3 is 2.71 bits per heavy atom. The normalized spacial score (nSPS) is 13.6. The highest BCUT2D eigenvalue weighted by atomic mass is 79.9. The van der Waals surface area contributed by atoms with Gasteiger partial charge in [0.1, 0.15) is 0 Å². The van der Waals surface area contributed by atoms with Gasteiger partial charge in [-0.25, -0.2) is 0 Å². The molecule has 0 aliphatic rings. The van der Waals surface area contributed by atoms with E-state index in [0.717, 1.165) is 23.1 Å². The van der Waals surface area contributed by atoms with Gasteiger partial charge in [-0.3, -0.25) is 4.68 Å². The van der Waals surface area contributed by atoms with Gasteiger partial charge in [0.05, 0.1) is 22.5 Å². The Morgan fingerprint density at radius 2 is 2.21 bits per heavy atom. The first kappa shape index (κ1) is 11.7. The van der Waals surface area contributed by atoms with E-state index in [1.54, 1.807) is 6.20 Å². The van der Waals surface area contributed by atoms with Gasteiger partial charge < -0.3 is 5.11 Å². The van der Waals surface area contributed by atoms with Crippen LogP contribution in [0.4, 0.5) is 0 Å². The fraction of sp³-hybridized carbons (Fsp3) is 0.700. The lowest BCUT2D eigenvalue weighted by atomic mass is 10.0. The van der Waals surface area contributed by atoms with Gasteiger partial charge in [-0.15, -0.1) is 0 Å². The molecule has 0 aliphatic heterocycles. The van der Waals surface area contributed by atoms with Crippen LogP contribution in [0, 0.1) is 5.92 Å². The quantitative estimate of drug-likeness (QED) is 0.904. The first-order valence-electron chi connectivity index (χ1n) is 4.97. The van der Waals surface area contributed by atoms with Crippen molar-refractivity contribution in [2.75, 3.05) is 0 Å². The molecule has 0 saturated carbocycles.